The molecule has 2 amide bonds. The maximum atomic E-state index is 13.2. The Bertz CT molecular complexity index is 2180. The van der Waals surface area contributed by atoms with Crippen LogP contribution in [-0.4, -0.2) is 38.1 Å². The molecule has 1 aliphatic carbocycles. The van der Waals surface area contributed by atoms with Crippen LogP contribution in [0.4, 0.5) is 10.5 Å². The summed E-state index contributed by atoms with van der Waals surface area (Å²) in [5, 5.41) is 2.26. The molecule has 1 saturated carbocycles. The van der Waals surface area contributed by atoms with Crippen LogP contribution < -0.4 is 14.8 Å². The van der Waals surface area contributed by atoms with Crippen molar-refractivity contribution >= 4 is 38.6 Å². The molecule has 2 N–H and O–H groups in total. The van der Waals surface area contributed by atoms with Crippen molar-refractivity contribution in [1.29, 1.82) is 0 Å². The molecule has 4 aromatic rings. The van der Waals surface area contributed by atoms with Gasteiger partial charge in [0.1, 0.15) is 11.9 Å². The number of carbonyl (C=O) groups is 2. The number of anilines is 1. The lowest BCUT2D eigenvalue weighted by Gasteiger charge is -2.13. The number of carbonyl (C=O) groups excluding carboxylic acids is 2. The Morgan fingerprint density at radius 2 is 1.90 bits per heavy atom. The van der Waals surface area contributed by atoms with Gasteiger partial charge < -0.3 is 14.0 Å². The number of methoxy groups -OCH3 is 1. The lowest BCUT2D eigenvalue weighted by Crippen LogP contribution is -2.31. The minimum Gasteiger partial charge on any atom is -0.496 e. The Labute approximate surface area is 256 Å². The summed E-state index contributed by atoms with van der Waals surface area (Å²) in [6.45, 7) is -1.34. The van der Waals surface area contributed by atoms with Gasteiger partial charge in [0, 0.05) is 54.0 Å². The summed E-state index contributed by atoms with van der Waals surface area (Å²) in [5.41, 5.74) is -1.01. The Kier molecular flexibility index (Phi) is 4.79. The largest absolute Gasteiger partial charge is 0.496 e. The van der Waals surface area contributed by atoms with E-state index >= 15 is 0 Å². The van der Waals surface area contributed by atoms with E-state index in [9.17, 15) is 20.7 Å². The van der Waals surface area contributed by atoms with Gasteiger partial charge in [-0.2, -0.15) is 0 Å². The molecule has 214 valence electrons. The van der Waals surface area contributed by atoms with Crippen LogP contribution in [0.2, 0.25) is 0 Å². The number of sulfonamides is 1. The van der Waals surface area contributed by atoms with Crippen molar-refractivity contribution in [2.75, 3.05) is 12.4 Å². The zero-order valence-electron chi connectivity index (χ0n) is 33.6. The monoisotopic (exact) mass is 587 g/mol. The summed E-state index contributed by atoms with van der Waals surface area (Å²) in [4.78, 5) is 25.8. The van der Waals surface area contributed by atoms with Gasteiger partial charge in [-0.05, 0) is 85.6 Å². The number of aromatic nitrogens is 1. The van der Waals surface area contributed by atoms with Crippen molar-refractivity contribution in [1.82, 2.24) is 9.29 Å². The van der Waals surface area contributed by atoms with Gasteiger partial charge in [-0.3, -0.25) is 10.1 Å². The molecule has 0 bridgehead atoms. The van der Waals surface area contributed by atoms with Crippen molar-refractivity contribution in [2.24, 2.45) is 6.98 Å². The van der Waals surface area contributed by atoms with Gasteiger partial charge in [0.05, 0.1) is 16.0 Å². The van der Waals surface area contributed by atoms with E-state index in [-0.39, 0.29) is 39.9 Å². The summed E-state index contributed by atoms with van der Waals surface area (Å²) in [6, 6.07) is 12.5. The topological polar surface area (TPSA) is 116 Å². The predicted octanol–water partition coefficient (Wildman–Crippen LogP) is 5.70. The number of amides is 2. The van der Waals surface area contributed by atoms with Crippen molar-refractivity contribution < 1.29 is 43.9 Å². The highest BCUT2D eigenvalue weighted by molar-refractivity contribution is 7.90. The van der Waals surface area contributed by atoms with Crippen molar-refractivity contribution in [3.63, 3.8) is 0 Å². The van der Waals surface area contributed by atoms with Gasteiger partial charge in [0.15, 0.2) is 0 Å². The van der Waals surface area contributed by atoms with Gasteiger partial charge in [-0.25, -0.2) is 17.9 Å². The second kappa shape index (κ2) is 11.7. The molecule has 3 aromatic carbocycles. The quantitative estimate of drug-likeness (QED) is 0.273. The van der Waals surface area contributed by atoms with Gasteiger partial charge in [-0.1, -0.05) is 24.3 Å². The molecule has 0 saturated heterocycles. The first kappa shape index (κ1) is 16.8. The standard InChI is InChI=1S/C31H33N3O6S/c1-20-8-4-7-11-29(20)41(37,38)33-30(35)22-13-12-21(28(17-22)39-3)16-23-19-34(2)27-15-14-24(18-26(23)27)32-31(36)40-25-9-5-6-10-25/h4,7-8,11-15,17-19,25H,5-6,9-10,16H2,1-3H3,(H,32,36)(H,33,35)/i2D3,3D3,9D2,10D2,16D2. The van der Waals surface area contributed by atoms with Gasteiger partial charge in [0.2, 0.25) is 0 Å². The van der Waals surface area contributed by atoms with E-state index in [0.29, 0.717) is 5.56 Å². The van der Waals surface area contributed by atoms with E-state index in [0.717, 1.165) is 29.0 Å². The SMILES string of the molecule is [2H]C([2H])([2H])Oc1cc(C(=O)NS(=O)(=O)c2ccccc2C)ccc1C([2H])([2H])c1cn(C([2H])([2H])[2H])c2ccc(NC(=O)OC3C([2H])([2H])CCC3([2H])[2H])cc12. The molecule has 1 heterocycles. The highest BCUT2D eigenvalue weighted by atomic mass is 32.2. The summed E-state index contributed by atoms with van der Waals surface area (Å²) >= 11 is 0. The molecule has 0 aliphatic heterocycles. The molecule has 41 heavy (non-hydrogen) atoms. The molecule has 10 heteroatoms. The Morgan fingerprint density at radius 1 is 1.10 bits per heavy atom. The van der Waals surface area contributed by atoms with Crippen LogP contribution in [0.1, 0.15) is 69.1 Å². The lowest BCUT2D eigenvalue weighted by molar-refractivity contribution is 0.0980. The maximum absolute atomic E-state index is 13.2. The van der Waals surface area contributed by atoms with E-state index in [1.165, 1.54) is 43.3 Å². The highest BCUT2D eigenvalue weighted by Gasteiger charge is 2.22. The second-order valence-corrected chi connectivity index (χ2v) is 10.8. The molecule has 0 unspecified atom stereocenters. The maximum Gasteiger partial charge on any atom is 0.411 e. The van der Waals surface area contributed by atoms with E-state index in [4.69, 9.17) is 23.2 Å². The number of rotatable bonds is 8. The molecular weight excluding hydrogens is 542 g/mol. The minimum absolute atomic E-state index is 0.0399. The van der Waals surface area contributed by atoms with Crippen LogP contribution in [0, 0.1) is 6.92 Å². The lowest BCUT2D eigenvalue weighted by atomic mass is 10.0. The summed E-state index contributed by atoms with van der Waals surface area (Å²) in [7, 11) is -7.58. The fourth-order valence-electron chi connectivity index (χ4n) is 4.31. The zero-order chi connectivity index (χ0) is 39.5. The normalized spacial score (nSPS) is 21.5. The van der Waals surface area contributed by atoms with E-state index in [1.807, 2.05) is 4.72 Å². The van der Waals surface area contributed by atoms with Gasteiger partial charge in [-0.15, -0.1) is 0 Å². The molecule has 0 atom stereocenters. The molecule has 1 aliphatic rings. The molecule has 9 nitrogen and oxygen atoms in total. The first-order chi connectivity index (χ1) is 24.2. The van der Waals surface area contributed by atoms with Crippen LogP contribution in [0.15, 0.2) is 71.8 Å². The first-order valence-corrected chi connectivity index (χ1v) is 13.8. The summed E-state index contributed by atoms with van der Waals surface area (Å²) in [6.07, 6.45) is -9.44. The molecule has 0 spiro atoms. The van der Waals surface area contributed by atoms with Crippen LogP contribution in [0.3, 0.4) is 0 Å². The van der Waals surface area contributed by atoms with Crippen LogP contribution in [-0.2, 0) is 28.1 Å². The molecule has 1 fully saturated rings. The summed E-state index contributed by atoms with van der Waals surface area (Å²) in [5.74, 6) is -1.88. The number of nitrogens with zero attached hydrogens (tertiary/aromatic N) is 1. The molecular formula is C31H33N3O6S. The smallest absolute Gasteiger partial charge is 0.411 e. The van der Waals surface area contributed by atoms with Crippen LogP contribution in [0.5, 0.6) is 5.75 Å². The number of nitrogens with one attached hydrogen (secondary N) is 2. The Morgan fingerprint density at radius 3 is 2.66 bits per heavy atom. The number of hydrogen-bond donors (Lipinski definition) is 2. The first-order valence-electron chi connectivity index (χ1n) is 18.3. The third kappa shape index (κ3) is 6.22. The Hall–Kier alpha value is -4.31. The van der Waals surface area contributed by atoms with Crippen molar-refractivity contribution in [3.8, 4) is 5.75 Å². The number of fused-ring (bicyclic) bond motifs is 1. The number of ether oxygens (including phenoxy) is 2. The van der Waals surface area contributed by atoms with E-state index < -0.39 is 78.1 Å². The number of hydrogen-bond acceptors (Lipinski definition) is 6. The number of benzene rings is 3. The second-order valence-electron chi connectivity index (χ2n) is 9.10. The minimum atomic E-state index is -4.39. The highest BCUT2D eigenvalue weighted by Crippen LogP contribution is 2.30. The fraction of sp³-hybridized carbons (Fsp3) is 0.290. The zero-order valence-corrected chi connectivity index (χ0v) is 22.5. The van der Waals surface area contributed by atoms with Gasteiger partial charge >= 0.3 is 6.09 Å². The Balaban J connectivity index is 1.55. The van der Waals surface area contributed by atoms with Crippen molar-refractivity contribution in [3.05, 3.63) is 89.1 Å². The van der Waals surface area contributed by atoms with E-state index in [2.05, 4.69) is 5.32 Å². The van der Waals surface area contributed by atoms with Crippen LogP contribution in [0.25, 0.3) is 10.9 Å². The average Bonchev–Trinajstić information content (AvgIpc) is 3.51. The predicted molar refractivity (Wildman–Crippen MR) is 157 cm³/mol. The van der Waals surface area contributed by atoms with Gasteiger partial charge in [0.25, 0.3) is 15.9 Å². The fourth-order valence-corrected chi connectivity index (χ4v) is 5.54. The van der Waals surface area contributed by atoms with E-state index in [1.54, 1.807) is 6.07 Å². The molecule has 0 radical (unpaired) electrons. The van der Waals surface area contributed by atoms with Crippen molar-refractivity contribution in [2.45, 2.75) is 49.9 Å². The third-order valence-electron chi connectivity index (χ3n) is 6.29. The average molecular weight is 588 g/mol. The summed E-state index contributed by atoms with van der Waals surface area (Å²) < 4.78 is 137. The third-order valence-corrected chi connectivity index (χ3v) is 7.78. The number of aryl methyl sites for hydroxylation is 2. The molecule has 1 aromatic heterocycles. The molecule has 5 rings (SSSR count). The van der Waals surface area contributed by atoms with Crippen LogP contribution >= 0.6 is 0 Å².